The summed E-state index contributed by atoms with van der Waals surface area (Å²) < 4.78 is 5.25. The van der Waals surface area contributed by atoms with Gasteiger partial charge >= 0.3 is 0 Å². The average molecular weight is 366 g/mol. The van der Waals surface area contributed by atoms with E-state index in [9.17, 15) is 9.59 Å². The molecule has 0 saturated carbocycles. The van der Waals surface area contributed by atoms with Gasteiger partial charge in [0.1, 0.15) is 6.04 Å². The van der Waals surface area contributed by atoms with Crippen LogP contribution in [0.5, 0.6) is 0 Å². The number of carbonyl (C=O) groups excluding carboxylic acids is 2. The van der Waals surface area contributed by atoms with Gasteiger partial charge in [0.05, 0.1) is 12.5 Å². The second kappa shape index (κ2) is 8.35. The summed E-state index contributed by atoms with van der Waals surface area (Å²) in [6.07, 6.45) is 1.40. The van der Waals surface area contributed by atoms with Gasteiger partial charge in [-0.25, -0.2) is 0 Å². The highest BCUT2D eigenvalue weighted by molar-refractivity contribution is 6.06. The van der Waals surface area contributed by atoms with Crippen LogP contribution < -0.4 is 10.2 Å². The van der Waals surface area contributed by atoms with Gasteiger partial charge in [0.15, 0.2) is 0 Å². The van der Waals surface area contributed by atoms with E-state index < -0.39 is 6.04 Å². The summed E-state index contributed by atoms with van der Waals surface area (Å²) in [6.45, 7) is 3.86. The molecule has 142 valence electrons. The molecule has 1 N–H and O–H groups in total. The Kier molecular flexibility index (Phi) is 5.91. The minimum Gasteiger partial charge on any atom is -0.381 e. The normalized spacial score (nSPS) is 17.1. The summed E-state index contributed by atoms with van der Waals surface area (Å²) in [5, 5.41) is 2.96. The van der Waals surface area contributed by atoms with Crippen molar-refractivity contribution in [3.63, 3.8) is 0 Å². The van der Waals surface area contributed by atoms with Crippen LogP contribution in [0, 0.1) is 6.92 Å². The summed E-state index contributed by atoms with van der Waals surface area (Å²) in [4.78, 5) is 27.7. The minimum atomic E-state index is -0.530. The monoisotopic (exact) mass is 366 g/mol. The van der Waals surface area contributed by atoms with E-state index in [1.54, 1.807) is 12.0 Å². The minimum absolute atomic E-state index is 0.0967. The summed E-state index contributed by atoms with van der Waals surface area (Å²) in [5.74, 6) is -0.257. The number of fused-ring (bicyclic) bond motifs is 1. The average Bonchev–Trinajstić information content (AvgIpc) is 2.68. The fraction of sp³-hybridized carbons (Fsp3) is 0.364. The molecule has 5 heteroatoms. The zero-order valence-electron chi connectivity index (χ0n) is 16.1. The number of hydrogen-bond acceptors (Lipinski definition) is 3. The lowest BCUT2D eigenvalue weighted by molar-refractivity contribution is -0.125. The van der Waals surface area contributed by atoms with Crippen molar-refractivity contribution in [2.45, 2.75) is 45.3 Å². The van der Waals surface area contributed by atoms with Crippen molar-refractivity contribution in [1.29, 1.82) is 0 Å². The molecule has 1 aliphatic rings. The summed E-state index contributed by atoms with van der Waals surface area (Å²) in [7, 11) is 1.59. The Hall–Kier alpha value is -2.66. The van der Waals surface area contributed by atoms with E-state index in [1.165, 1.54) is 0 Å². The molecule has 0 aliphatic carbocycles. The smallest absolute Gasteiger partial charge is 0.247 e. The lowest BCUT2D eigenvalue weighted by Gasteiger charge is -2.36. The Labute approximate surface area is 160 Å². The molecule has 0 radical (unpaired) electrons. The molecule has 0 saturated heterocycles. The van der Waals surface area contributed by atoms with Crippen LogP contribution in [0.25, 0.3) is 0 Å². The Balaban J connectivity index is 1.86. The van der Waals surface area contributed by atoms with E-state index in [2.05, 4.69) is 5.32 Å². The third-order valence-electron chi connectivity index (χ3n) is 5.00. The standard InChI is InChI=1S/C22H26N2O3/c1-15-8-11-18(12-9-15)23-22(26)20-13-10-17-6-4-5-7-19(17)24(20)21(25)14-16(2)27-3/h4-9,11-12,16,20H,10,13-14H2,1-3H3,(H,23,26). The number of nitrogens with zero attached hydrogens (tertiary/aromatic N) is 1. The van der Waals surface area contributed by atoms with E-state index in [0.29, 0.717) is 6.42 Å². The van der Waals surface area contributed by atoms with Crippen LogP contribution in [0.3, 0.4) is 0 Å². The van der Waals surface area contributed by atoms with Crippen molar-refractivity contribution in [3.05, 3.63) is 59.7 Å². The fourth-order valence-electron chi connectivity index (χ4n) is 3.39. The maximum atomic E-state index is 13.0. The molecule has 0 aromatic heterocycles. The van der Waals surface area contributed by atoms with E-state index in [-0.39, 0.29) is 24.3 Å². The first kappa shape index (κ1) is 19.1. The highest BCUT2D eigenvalue weighted by Crippen LogP contribution is 2.32. The molecule has 3 rings (SSSR count). The first-order valence-corrected chi connectivity index (χ1v) is 9.30. The molecular formula is C22H26N2O3. The molecule has 1 aliphatic heterocycles. The fourth-order valence-corrected chi connectivity index (χ4v) is 3.39. The van der Waals surface area contributed by atoms with Gasteiger partial charge in [-0.2, -0.15) is 0 Å². The topological polar surface area (TPSA) is 58.6 Å². The van der Waals surface area contributed by atoms with Crippen LogP contribution in [-0.4, -0.2) is 31.1 Å². The van der Waals surface area contributed by atoms with Crippen molar-refractivity contribution in [1.82, 2.24) is 0 Å². The first-order valence-electron chi connectivity index (χ1n) is 9.30. The number of hydrogen-bond donors (Lipinski definition) is 1. The van der Waals surface area contributed by atoms with Crippen molar-refractivity contribution in [2.75, 3.05) is 17.3 Å². The van der Waals surface area contributed by atoms with E-state index >= 15 is 0 Å². The van der Waals surface area contributed by atoms with E-state index in [4.69, 9.17) is 4.74 Å². The molecule has 2 amide bonds. The molecule has 2 atom stereocenters. The molecule has 0 spiro atoms. The van der Waals surface area contributed by atoms with Gasteiger partial charge in [0, 0.05) is 18.5 Å². The van der Waals surface area contributed by atoms with Gasteiger partial charge in [-0.3, -0.25) is 14.5 Å². The number of ether oxygens (including phenoxy) is 1. The number of methoxy groups -OCH3 is 1. The van der Waals surface area contributed by atoms with Crippen LogP contribution in [0.2, 0.25) is 0 Å². The van der Waals surface area contributed by atoms with Gasteiger partial charge in [-0.05, 0) is 50.5 Å². The zero-order chi connectivity index (χ0) is 19.4. The van der Waals surface area contributed by atoms with Crippen LogP contribution in [0.15, 0.2) is 48.5 Å². The maximum Gasteiger partial charge on any atom is 0.247 e. The number of rotatable bonds is 5. The number of carbonyl (C=O) groups is 2. The second-order valence-corrected chi connectivity index (χ2v) is 7.05. The Morgan fingerprint density at radius 1 is 1.19 bits per heavy atom. The number of amides is 2. The third-order valence-corrected chi connectivity index (χ3v) is 5.00. The zero-order valence-corrected chi connectivity index (χ0v) is 16.1. The van der Waals surface area contributed by atoms with Crippen LogP contribution in [0.4, 0.5) is 11.4 Å². The quantitative estimate of drug-likeness (QED) is 0.878. The predicted molar refractivity (Wildman–Crippen MR) is 107 cm³/mol. The summed E-state index contributed by atoms with van der Waals surface area (Å²) in [6, 6.07) is 14.9. The van der Waals surface area contributed by atoms with Crippen molar-refractivity contribution in [2.24, 2.45) is 0 Å². The lowest BCUT2D eigenvalue weighted by atomic mass is 9.94. The Morgan fingerprint density at radius 3 is 2.59 bits per heavy atom. The van der Waals surface area contributed by atoms with Crippen molar-refractivity contribution in [3.8, 4) is 0 Å². The molecule has 1 heterocycles. The van der Waals surface area contributed by atoms with E-state index in [1.807, 2.05) is 62.4 Å². The first-order chi connectivity index (χ1) is 13.0. The largest absolute Gasteiger partial charge is 0.381 e. The second-order valence-electron chi connectivity index (χ2n) is 7.05. The maximum absolute atomic E-state index is 13.0. The van der Waals surface area contributed by atoms with Gasteiger partial charge in [0.25, 0.3) is 0 Å². The Bertz CT molecular complexity index is 817. The summed E-state index contributed by atoms with van der Waals surface area (Å²) >= 11 is 0. The van der Waals surface area contributed by atoms with Gasteiger partial charge in [-0.15, -0.1) is 0 Å². The number of nitrogens with one attached hydrogen (secondary N) is 1. The van der Waals surface area contributed by atoms with Crippen LogP contribution in [-0.2, 0) is 20.7 Å². The summed E-state index contributed by atoms with van der Waals surface area (Å²) in [5.41, 5.74) is 3.78. The molecule has 2 aromatic rings. The molecule has 2 unspecified atom stereocenters. The molecule has 27 heavy (non-hydrogen) atoms. The van der Waals surface area contributed by atoms with Crippen molar-refractivity contribution < 1.29 is 14.3 Å². The predicted octanol–water partition coefficient (Wildman–Crippen LogP) is 3.71. The number of para-hydroxylation sites is 1. The Morgan fingerprint density at radius 2 is 1.89 bits per heavy atom. The molecule has 5 nitrogen and oxygen atoms in total. The highest BCUT2D eigenvalue weighted by atomic mass is 16.5. The van der Waals surface area contributed by atoms with Crippen LogP contribution in [0.1, 0.15) is 30.9 Å². The van der Waals surface area contributed by atoms with Gasteiger partial charge in [-0.1, -0.05) is 35.9 Å². The third kappa shape index (κ3) is 4.37. The number of anilines is 2. The van der Waals surface area contributed by atoms with Gasteiger partial charge < -0.3 is 10.1 Å². The van der Waals surface area contributed by atoms with Crippen molar-refractivity contribution >= 4 is 23.2 Å². The lowest BCUT2D eigenvalue weighted by Crippen LogP contribution is -2.50. The van der Waals surface area contributed by atoms with Gasteiger partial charge in [0.2, 0.25) is 11.8 Å². The molecular weight excluding hydrogens is 340 g/mol. The number of benzene rings is 2. The van der Waals surface area contributed by atoms with Crippen LogP contribution >= 0.6 is 0 Å². The number of aryl methyl sites for hydroxylation is 2. The molecule has 0 fully saturated rings. The SMILES string of the molecule is COC(C)CC(=O)N1c2ccccc2CCC1C(=O)Nc1ccc(C)cc1. The molecule has 0 bridgehead atoms. The van der Waals surface area contributed by atoms with E-state index in [0.717, 1.165) is 28.9 Å². The molecule has 2 aromatic carbocycles. The highest BCUT2D eigenvalue weighted by Gasteiger charge is 2.35.